The van der Waals surface area contributed by atoms with E-state index in [1.165, 1.54) is 11.3 Å². The van der Waals surface area contributed by atoms with Crippen LogP contribution in [0.1, 0.15) is 17.4 Å². The Hall–Kier alpha value is -1.30. The molecule has 2 rings (SSSR count). The third-order valence-electron chi connectivity index (χ3n) is 2.16. The Labute approximate surface area is 124 Å². The molecule has 0 saturated heterocycles. The molecule has 0 amide bonds. The maximum atomic E-state index is 11.7. The first-order valence-electron chi connectivity index (χ1n) is 5.44. The molecule has 0 bridgehead atoms. The van der Waals surface area contributed by atoms with Crippen LogP contribution in [0, 0.1) is 0 Å². The Balaban J connectivity index is 2.24. The van der Waals surface area contributed by atoms with Crippen molar-refractivity contribution in [1.82, 2.24) is 4.98 Å². The van der Waals surface area contributed by atoms with E-state index in [4.69, 9.17) is 27.9 Å². The zero-order valence-electron chi connectivity index (χ0n) is 9.94. The minimum absolute atomic E-state index is 0.253. The van der Waals surface area contributed by atoms with Crippen molar-refractivity contribution in [3.8, 4) is 0 Å². The number of carbonyl (C=O) groups is 1. The van der Waals surface area contributed by atoms with E-state index in [1.54, 1.807) is 30.6 Å². The minimum atomic E-state index is -0.459. The number of halogens is 2. The Morgan fingerprint density at radius 1 is 1.37 bits per heavy atom. The standard InChI is InChI=1S/C12H10Cl2N2O2S/c1-2-18-12(17)10-11(19-6-15-10)16-9-4-7(13)3-8(14)5-9/h3-6,16H,2H2,1H3. The number of hydrogen-bond donors (Lipinski definition) is 1. The summed E-state index contributed by atoms with van der Waals surface area (Å²) in [4.78, 5) is 15.7. The molecule has 0 fully saturated rings. The van der Waals surface area contributed by atoms with Crippen LogP contribution in [0.15, 0.2) is 23.7 Å². The monoisotopic (exact) mass is 316 g/mol. The quantitative estimate of drug-likeness (QED) is 0.851. The fourth-order valence-electron chi connectivity index (χ4n) is 1.44. The molecule has 4 nitrogen and oxygen atoms in total. The van der Waals surface area contributed by atoms with Crippen molar-refractivity contribution < 1.29 is 9.53 Å². The highest BCUT2D eigenvalue weighted by Gasteiger charge is 2.16. The highest BCUT2D eigenvalue weighted by molar-refractivity contribution is 7.14. The van der Waals surface area contributed by atoms with Gasteiger partial charge in [0.25, 0.3) is 0 Å². The maximum Gasteiger partial charge on any atom is 0.360 e. The minimum Gasteiger partial charge on any atom is -0.461 e. The molecule has 0 aliphatic heterocycles. The summed E-state index contributed by atoms with van der Waals surface area (Å²) in [6.45, 7) is 2.05. The van der Waals surface area contributed by atoms with Gasteiger partial charge in [0.2, 0.25) is 0 Å². The highest BCUT2D eigenvalue weighted by atomic mass is 35.5. The number of thiazole rings is 1. The zero-order valence-corrected chi connectivity index (χ0v) is 12.3. The lowest BCUT2D eigenvalue weighted by atomic mass is 10.3. The van der Waals surface area contributed by atoms with E-state index < -0.39 is 5.97 Å². The number of nitrogens with one attached hydrogen (secondary N) is 1. The number of nitrogens with zero attached hydrogens (tertiary/aromatic N) is 1. The van der Waals surface area contributed by atoms with Crippen LogP contribution in [0.3, 0.4) is 0 Å². The molecule has 0 aliphatic carbocycles. The van der Waals surface area contributed by atoms with E-state index in [0.717, 1.165) is 0 Å². The normalized spacial score (nSPS) is 10.3. The summed E-state index contributed by atoms with van der Waals surface area (Å²) in [7, 11) is 0. The fourth-order valence-corrected chi connectivity index (χ4v) is 2.65. The first kappa shape index (κ1) is 14.1. The Morgan fingerprint density at radius 2 is 2.05 bits per heavy atom. The molecular formula is C12H10Cl2N2O2S. The average molecular weight is 317 g/mol. The summed E-state index contributed by atoms with van der Waals surface area (Å²) in [5.74, 6) is -0.459. The molecule has 7 heteroatoms. The number of esters is 1. The number of benzene rings is 1. The predicted molar refractivity (Wildman–Crippen MR) is 77.8 cm³/mol. The Morgan fingerprint density at radius 3 is 2.68 bits per heavy atom. The van der Waals surface area contributed by atoms with E-state index in [9.17, 15) is 4.79 Å². The van der Waals surface area contributed by atoms with Crippen LogP contribution in [0.5, 0.6) is 0 Å². The number of hydrogen-bond acceptors (Lipinski definition) is 5. The lowest BCUT2D eigenvalue weighted by molar-refractivity contribution is 0.0521. The predicted octanol–water partition coefficient (Wildman–Crippen LogP) is 4.37. The maximum absolute atomic E-state index is 11.7. The first-order valence-corrected chi connectivity index (χ1v) is 7.07. The highest BCUT2D eigenvalue weighted by Crippen LogP contribution is 2.29. The molecule has 1 aromatic heterocycles. The zero-order chi connectivity index (χ0) is 13.8. The van der Waals surface area contributed by atoms with Crippen LogP contribution in [0.2, 0.25) is 10.0 Å². The van der Waals surface area contributed by atoms with Crippen LogP contribution in [-0.4, -0.2) is 17.6 Å². The van der Waals surface area contributed by atoms with Crippen LogP contribution >= 0.6 is 34.5 Å². The second kappa shape index (κ2) is 6.23. The molecule has 19 heavy (non-hydrogen) atoms. The van der Waals surface area contributed by atoms with Crippen molar-refractivity contribution >= 4 is 51.2 Å². The summed E-state index contributed by atoms with van der Waals surface area (Å²) in [6, 6.07) is 5.05. The summed E-state index contributed by atoms with van der Waals surface area (Å²) in [6.07, 6.45) is 0. The SMILES string of the molecule is CCOC(=O)c1ncsc1Nc1cc(Cl)cc(Cl)c1. The third kappa shape index (κ3) is 3.59. The van der Waals surface area contributed by atoms with Gasteiger partial charge in [-0.25, -0.2) is 9.78 Å². The van der Waals surface area contributed by atoms with Gasteiger partial charge < -0.3 is 10.1 Å². The average Bonchev–Trinajstić information content (AvgIpc) is 2.76. The molecule has 0 unspecified atom stereocenters. The Kier molecular flexibility index (Phi) is 4.63. The van der Waals surface area contributed by atoms with Crippen molar-refractivity contribution in [3.05, 3.63) is 39.4 Å². The van der Waals surface area contributed by atoms with Crippen molar-refractivity contribution in [1.29, 1.82) is 0 Å². The van der Waals surface area contributed by atoms with Crippen molar-refractivity contribution in [2.45, 2.75) is 6.92 Å². The first-order chi connectivity index (χ1) is 9.10. The molecule has 1 N–H and O–H groups in total. The van der Waals surface area contributed by atoms with Gasteiger partial charge in [0, 0.05) is 15.7 Å². The molecule has 0 radical (unpaired) electrons. The summed E-state index contributed by atoms with van der Waals surface area (Å²) in [5.41, 5.74) is 2.51. The number of anilines is 2. The van der Waals surface area contributed by atoms with Crippen molar-refractivity contribution in [2.24, 2.45) is 0 Å². The van der Waals surface area contributed by atoms with E-state index in [-0.39, 0.29) is 5.69 Å². The van der Waals surface area contributed by atoms with Gasteiger partial charge in [0.15, 0.2) is 5.69 Å². The van der Waals surface area contributed by atoms with Gasteiger partial charge in [-0.2, -0.15) is 0 Å². The number of aromatic nitrogens is 1. The van der Waals surface area contributed by atoms with Crippen LogP contribution in [0.4, 0.5) is 10.7 Å². The number of carbonyl (C=O) groups excluding carboxylic acids is 1. The van der Waals surface area contributed by atoms with E-state index >= 15 is 0 Å². The van der Waals surface area contributed by atoms with Crippen LogP contribution < -0.4 is 5.32 Å². The van der Waals surface area contributed by atoms with Crippen LogP contribution in [-0.2, 0) is 4.74 Å². The molecule has 1 heterocycles. The lowest BCUT2D eigenvalue weighted by Gasteiger charge is -2.07. The van der Waals surface area contributed by atoms with Crippen LogP contribution in [0.25, 0.3) is 0 Å². The summed E-state index contributed by atoms with van der Waals surface area (Å²) < 4.78 is 4.93. The molecular weight excluding hydrogens is 307 g/mol. The summed E-state index contributed by atoms with van der Waals surface area (Å²) >= 11 is 13.1. The molecule has 0 saturated carbocycles. The molecule has 0 atom stereocenters. The number of rotatable bonds is 4. The second-order valence-corrected chi connectivity index (χ2v) is 5.26. The van der Waals surface area contributed by atoms with Crippen molar-refractivity contribution in [2.75, 3.05) is 11.9 Å². The molecule has 2 aromatic rings. The van der Waals surface area contributed by atoms with E-state index in [0.29, 0.717) is 27.3 Å². The van der Waals surface area contributed by atoms with Gasteiger partial charge in [-0.05, 0) is 25.1 Å². The van der Waals surface area contributed by atoms with Gasteiger partial charge in [0.05, 0.1) is 12.1 Å². The molecule has 0 aliphatic rings. The fraction of sp³-hybridized carbons (Fsp3) is 0.167. The number of ether oxygens (including phenoxy) is 1. The molecule has 1 aromatic carbocycles. The molecule has 0 spiro atoms. The van der Waals surface area contributed by atoms with Gasteiger partial charge in [-0.1, -0.05) is 23.2 Å². The van der Waals surface area contributed by atoms with Gasteiger partial charge >= 0.3 is 5.97 Å². The van der Waals surface area contributed by atoms with Gasteiger partial charge in [-0.3, -0.25) is 0 Å². The van der Waals surface area contributed by atoms with Crippen molar-refractivity contribution in [3.63, 3.8) is 0 Å². The topological polar surface area (TPSA) is 51.2 Å². The summed E-state index contributed by atoms with van der Waals surface area (Å²) in [5, 5.41) is 4.68. The third-order valence-corrected chi connectivity index (χ3v) is 3.34. The van der Waals surface area contributed by atoms with Gasteiger partial charge in [0.1, 0.15) is 5.00 Å². The smallest absolute Gasteiger partial charge is 0.360 e. The molecule has 100 valence electrons. The lowest BCUT2D eigenvalue weighted by Crippen LogP contribution is -2.07. The van der Waals surface area contributed by atoms with Gasteiger partial charge in [-0.15, -0.1) is 11.3 Å². The Bertz CT molecular complexity index is 581. The van der Waals surface area contributed by atoms with E-state index in [1.807, 2.05) is 0 Å². The largest absolute Gasteiger partial charge is 0.461 e. The van der Waals surface area contributed by atoms with E-state index in [2.05, 4.69) is 10.3 Å². The second-order valence-electron chi connectivity index (χ2n) is 3.53.